The number of hydrogen-bond acceptors (Lipinski definition) is 6. The zero-order valence-corrected chi connectivity index (χ0v) is 23.5. The van der Waals surface area contributed by atoms with Crippen molar-refractivity contribution in [3.8, 4) is 11.3 Å². The molecule has 0 bridgehead atoms. The Balaban J connectivity index is 1.17. The molecule has 4 aromatic rings. The van der Waals surface area contributed by atoms with Crippen molar-refractivity contribution in [2.24, 2.45) is 0 Å². The van der Waals surface area contributed by atoms with Crippen molar-refractivity contribution in [2.75, 3.05) is 23.7 Å². The molecular weight excluding hydrogens is 586 g/mol. The van der Waals surface area contributed by atoms with E-state index in [0.29, 0.717) is 48.8 Å². The monoisotopic (exact) mass is 614 g/mol. The molecule has 1 aliphatic heterocycles. The molecule has 0 radical (unpaired) electrons. The van der Waals surface area contributed by atoms with E-state index in [9.17, 15) is 31.1 Å². The second-order valence-electron chi connectivity index (χ2n) is 10.5. The van der Waals surface area contributed by atoms with Gasteiger partial charge in [0.1, 0.15) is 17.5 Å². The Morgan fingerprint density at radius 2 is 1.64 bits per heavy atom. The molecule has 1 aliphatic rings. The van der Waals surface area contributed by atoms with Gasteiger partial charge in [0.25, 0.3) is 0 Å². The molecule has 0 spiro atoms. The van der Waals surface area contributed by atoms with E-state index in [1.807, 2.05) is 19.1 Å². The summed E-state index contributed by atoms with van der Waals surface area (Å²) in [6, 6.07) is 14.1. The Kier molecular flexibility index (Phi) is 8.75. The number of anilines is 3. The molecule has 1 aromatic carbocycles. The molecule has 1 saturated heterocycles. The van der Waals surface area contributed by atoms with Crippen LogP contribution in [0.15, 0.2) is 73.1 Å². The van der Waals surface area contributed by atoms with Gasteiger partial charge in [0.15, 0.2) is 0 Å². The first-order chi connectivity index (χ1) is 20.8. The minimum atomic E-state index is -4.52. The van der Waals surface area contributed by atoms with Crippen LogP contribution in [0.1, 0.15) is 35.1 Å². The lowest BCUT2D eigenvalue weighted by Gasteiger charge is -2.33. The number of alkyl halides is 6. The summed E-state index contributed by atoms with van der Waals surface area (Å²) in [5.74, 6) is 0.612. The molecule has 4 heterocycles. The Morgan fingerprint density at radius 1 is 0.886 bits per heavy atom. The highest BCUT2D eigenvalue weighted by molar-refractivity contribution is 5.79. The number of carbonyl (C=O) groups is 1. The molecule has 7 nitrogen and oxygen atoms in total. The van der Waals surface area contributed by atoms with Crippen LogP contribution >= 0.6 is 0 Å². The summed E-state index contributed by atoms with van der Waals surface area (Å²) in [6.07, 6.45) is -5.40. The van der Waals surface area contributed by atoms with Crippen molar-refractivity contribution < 1.29 is 31.1 Å². The maximum absolute atomic E-state index is 13.3. The lowest BCUT2D eigenvalue weighted by molar-refractivity contribution is -0.139. The normalized spacial score (nSPS) is 14.4. The minimum Gasteiger partial charge on any atom is -0.367 e. The Bertz CT molecular complexity index is 1620. The highest BCUT2D eigenvalue weighted by atomic mass is 19.4. The number of hydrogen-bond donors (Lipinski definition) is 2. The van der Waals surface area contributed by atoms with Crippen molar-refractivity contribution in [1.29, 1.82) is 0 Å². The lowest BCUT2D eigenvalue weighted by Crippen LogP contribution is -2.43. The van der Waals surface area contributed by atoms with E-state index in [0.717, 1.165) is 30.0 Å². The van der Waals surface area contributed by atoms with Crippen molar-refractivity contribution in [3.05, 3.63) is 95.3 Å². The highest BCUT2D eigenvalue weighted by Gasteiger charge is 2.34. The van der Waals surface area contributed by atoms with Crippen molar-refractivity contribution in [1.82, 2.24) is 19.9 Å². The predicted molar refractivity (Wildman–Crippen MR) is 153 cm³/mol. The van der Waals surface area contributed by atoms with Gasteiger partial charge in [-0.25, -0.2) is 15.0 Å². The first-order valence-corrected chi connectivity index (χ1v) is 13.8. The number of pyridine rings is 3. The van der Waals surface area contributed by atoms with Crippen LogP contribution in [0.25, 0.3) is 11.3 Å². The predicted octanol–water partition coefficient (Wildman–Crippen LogP) is 7.27. The number of nitrogens with one attached hydrogen (secondary N) is 2. The molecular formula is C31H28F6N6O. The average molecular weight is 615 g/mol. The molecule has 5 rings (SSSR count). The summed E-state index contributed by atoms with van der Waals surface area (Å²) in [7, 11) is 0. The SMILES string of the molecule is Cc1cc(Nc2cc(C(F)(F)F)ccn2)nc(-c2ccc(NC3CCN(C(=O)Cc4ccccc4C(F)(F)F)CC3)nc2)c1. The second kappa shape index (κ2) is 12.5. The third kappa shape index (κ3) is 7.63. The summed E-state index contributed by atoms with van der Waals surface area (Å²) >= 11 is 0. The quantitative estimate of drug-likeness (QED) is 0.213. The molecule has 1 amide bonds. The number of piperidine rings is 1. The first kappa shape index (κ1) is 30.8. The largest absolute Gasteiger partial charge is 0.416 e. The van der Waals surface area contributed by atoms with Gasteiger partial charge in [0, 0.05) is 37.1 Å². The number of likely N-dealkylation sites (tertiary alicyclic amines) is 1. The topological polar surface area (TPSA) is 83.0 Å². The molecule has 0 unspecified atom stereocenters. The molecule has 0 aliphatic carbocycles. The van der Waals surface area contributed by atoms with Crippen LogP contribution in [-0.2, 0) is 23.6 Å². The molecule has 44 heavy (non-hydrogen) atoms. The van der Waals surface area contributed by atoms with Crippen molar-refractivity contribution in [2.45, 2.75) is 44.6 Å². The molecule has 13 heteroatoms. The Hall–Kier alpha value is -4.68. The van der Waals surface area contributed by atoms with Crippen LogP contribution in [-0.4, -0.2) is 44.9 Å². The highest BCUT2D eigenvalue weighted by Crippen LogP contribution is 2.33. The van der Waals surface area contributed by atoms with Gasteiger partial charge in [0.05, 0.1) is 23.2 Å². The second-order valence-corrected chi connectivity index (χ2v) is 10.5. The third-order valence-corrected chi connectivity index (χ3v) is 7.24. The average Bonchev–Trinajstić information content (AvgIpc) is 2.97. The first-order valence-electron chi connectivity index (χ1n) is 13.8. The third-order valence-electron chi connectivity index (χ3n) is 7.24. The van der Waals surface area contributed by atoms with E-state index in [1.165, 1.54) is 18.2 Å². The fraction of sp³-hybridized carbons (Fsp3) is 0.290. The number of aryl methyl sites for hydroxylation is 1. The van der Waals surface area contributed by atoms with Gasteiger partial charge in [-0.2, -0.15) is 26.3 Å². The van der Waals surface area contributed by atoms with E-state index in [-0.39, 0.29) is 29.8 Å². The summed E-state index contributed by atoms with van der Waals surface area (Å²) < 4.78 is 79.1. The Morgan fingerprint density at radius 3 is 2.32 bits per heavy atom. The van der Waals surface area contributed by atoms with Crippen molar-refractivity contribution in [3.63, 3.8) is 0 Å². The number of aromatic nitrogens is 3. The zero-order chi connectivity index (χ0) is 31.5. The van der Waals surface area contributed by atoms with Gasteiger partial charge < -0.3 is 15.5 Å². The van der Waals surface area contributed by atoms with Crippen LogP contribution in [0.4, 0.5) is 43.8 Å². The van der Waals surface area contributed by atoms with Crippen LogP contribution < -0.4 is 10.6 Å². The van der Waals surface area contributed by atoms with Crippen molar-refractivity contribution >= 4 is 23.4 Å². The zero-order valence-electron chi connectivity index (χ0n) is 23.5. The number of benzene rings is 1. The fourth-order valence-electron chi connectivity index (χ4n) is 5.02. The molecule has 230 valence electrons. The van der Waals surface area contributed by atoms with E-state index >= 15 is 0 Å². The number of rotatable bonds is 7. The number of halogens is 6. The van der Waals surface area contributed by atoms with Gasteiger partial charge in [-0.05, 0) is 73.4 Å². The number of amides is 1. The molecule has 0 atom stereocenters. The van der Waals surface area contributed by atoms with Crippen LogP contribution in [0, 0.1) is 6.92 Å². The van der Waals surface area contributed by atoms with Crippen LogP contribution in [0.2, 0.25) is 0 Å². The minimum absolute atomic E-state index is 0.0143. The molecule has 3 aromatic heterocycles. The fourth-order valence-corrected chi connectivity index (χ4v) is 5.02. The molecule has 2 N–H and O–H groups in total. The summed E-state index contributed by atoms with van der Waals surface area (Å²) in [5.41, 5.74) is 0.443. The number of carbonyl (C=O) groups excluding carboxylic acids is 1. The van der Waals surface area contributed by atoms with Gasteiger partial charge in [0.2, 0.25) is 5.91 Å². The number of nitrogens with zero attached hydrogens (tertiary/aromatic N) is 4. The van der Waals surface area contributed by atoms with Crippen LogP contribution in [0.5, 0.6) is 0 Å². The van der Waals surface area contributed by atoms with E-state index in [2.05, 4.69) is 25.6 Å². The standard InChI is InChI=1S/C31H28F6N6O/c1-19-14-25(41-28(15-19)42-27-17-22(8-11-38-27)30(32,33)34)21-6-7-26(39-18-21)40-23-9-12-43(13-10-23)29(44)16-20-4-2-3-5-24(20)31(35,36)37/h2-8,11,14-15,17-18,23H,9-10,12-13,16H2,1H3,(H,39,40)(H,38,41,42). The van der Waals surface area contributed by atoms with Gasteiger partial charge in [-0.3, -0.25) is 4.79 Å². The lowest BCUT2D eigenvalue weighted by atomic mass is 10.0. The molecule has 1 fully saturated rings. The molecule has 0 saturated carbocycles. The summed E-state index contributed by atoms with van der Waals surface area (Å²) in [6.45, 7) is 2.66. The summed E-state index contributed by atoms with van der Waals surface area (Å²) in [4.78, 5) is 27.3. The van der Waals surface area contributed by atoms with E-state index in [1.54, 1.807) is 23.2 Å². The van der Waals surface area contributed by atoms with E-state index in [4.69, 9.17) is 0 Å². The maximum atomic E-state index is 13.3. The van der Waals surface area contributed by atoms with Gasteiger partial charge in [-0.15, -0.1) is 0 Å². The van der Waals surface area contributed by atoms with E-state index < -0.39 is 23.5 Å². The Labute approximate surface area is 249 Å². The smallest absolute Gasteiger partial charge is 0.367 e. The summed E-state index contributed by atoms with van der Waals surface area (Å²) in [5, 5.41) is 6.17. The van der Waals surface area contributed by atoms with Crippen LogP contribution in [0.3, 0.4) is 0 Å². The van der Waals surface area contributed by atoms with Gasteiger partial charge >= 0.3 is 12.4 Å². The maximum Gasteiger partial charge on any atom is 0.416 e. The van der Waals surface area contributed by atoms with Gasteiger partial charge in [-0.1, -0.05) is 18.2 Å².